The minimum absolute atomic E-state index is 0.0959. The van der Waals surface area contributed by atoms with Crippen LogP contribution in [0, 0.1) is 5.92 Å². The number of rotatable bonds is 6. The molecule has 172 valence electrons. The quantitative estimate of drug-likeness (QED) is 0.633. The van der Waals surface area contributed by atoms with Crippen molar-refractivity contribution in [3.05, 3.63) is 40.0 Å². The van der Waals surface area contributed by atoms with Gasteiger partial charge in [0, 0.05) is 36.8 Å². The molecule has 2 heterocycles. The molecule has 1 aliphatic carbocycles. The van der Waals surface area contributed by atoms with E-state index in [9.17, 15) is 9.59 Å². The minimum atomic E-state index is -0.561. The zero-order valence-electron chi connectivity index (χ0n) is 19.1. The SMILES string of the molecule is CCN(CC)C(=O)[C@@H]1C=C2c3cccc4c3c(c(Br)n4C(=O)[C@@H](N)CSC)C[C@H]2N(C)C1. The molecular weight excluding hydrogens is 488 g/mol. The van der Waals surface area contributed by atoms with Crippen LogP contribution in [-0.2, 0) is 11.2 Å². The molecule has 2 aliphatic rings. The summed E-state index contributed by atoms with van der Waals surface area (Å²) in [5, 5.41) is 1.09. The van der Waals surface area contributed by atoms with E-state index >= 15 is 0 Å². The van der Waals surface area contributed by atoms with Gasteiger partial charge in [-0.25, -0.2) is 0 Å². The zero-order valence-corrected chi connectivity index (χ0v) is 21.5. The molecule has 1 aromatic carbocycles. The Labute approximate surface area is 202 Å². The van der Waals surface area contributed by atoms with Gasteiger partial charge in [-0.3, -0.25) is 19.1 Å². The minimum Gasteiger partial charge on any atom is -0.343 e. The topological polar surface area (TPSA) is 71.6 Å². The van der Waals surface area contributed by atoms with Crippen LogP contribution in [0.15, 0.2) is 28.9 Å². The third-order valence-corrected chi connectivity index (χ3v) is 8.30. The highest BCUT2D eigenvalue weighted by atomic mass is 79.9. The summed E-state index contributed by atoms with van der Waals surface area (Å²) in [6, 6.07) is 5.72. The van der Waals surface area contributed by atoms with Crippen molar-refractivity contribution in [2.75, 3.05) is 38.7 Å². The van der Waals surface area contributed by atoms with Crippen molar-refractivity contribution >= 4 is 56.0 Å². The Morgan fingerprint density at radius 2 is 2.03 bits per heavy atom. The largest absolute Gasteiger partial charge is 0.343 e. The Bertz CT molecular complexity index is 1090. The van der Waals surface area contributed by atoms with Crippen molar-refractivity contribution in [3.8, 4) is 0 Å². The normalized spacial score (nSPS) is 21.2. The van der Waals surface area contributed by atoms with Gasteiger partial charge in [-0.15, -0.1) is 0 Å². The van der Waals surface area contributed by atoms with E-state index in [0.717, 1.165) is 46.1 Å². The number of carbonyl (C=O) groups is 2. The standard InChI is InChI=1S/C24H31BrN4O2S/c1-5-28(6-2)23(30)14-10-16-15-8-7-9-19-21(15)17(11-20(16)27(3)12-14)22(25)29(19)24(31)18(26)13-32-4/h7-10,14,18,20H,5-6,11-13,26H2,1-4H3/t14-,18+,20-/m1/s1. The fourth-order valence-corrected chi connectivity index (χ4v) is 6.38. The number of halogens is 1. The molecule has 0 spiro atoms. The van der Waals surface area contributed by atoms with Gasteiger partial charge >= 0.3 is 0 Å². The van der Waals surface area contributed by atoms with E-state index in [0.29, 0.717) is 12.3 Å². The van der Waals surface area contributed by atoms with Crippen LogP contribution in [0.4, 0.5) is 0 Å². The molecule has 2 N–H and O–H groups in total. The third-order valence-electron chi connectivity index (χ3n) is 6.77. The van der Waals surface area contributed by atoms with E-state index in [1.807, 2.05) is 37.1 Å². The lowest BCUT2D eigenvalue weighted by molar-refractivity contribution is -0.134. The number of fused-ring (bicyclic) bond motifs is 2. The molecule has 1 aromatic heterocycles. The van der Waals surface area contributed by atoms with Gasteiger partial charge in [0.25, 0.3) is 0 Å². The second-order valence-corrected chi connectivity index (χ2v) is 10.3. The lowest BCUT2D eigenvalue weighted by atomic mass is 9.79. The highest BCUT2D eigenvalue weighted by Gasteiger charge is 2.38. The molecule has 1 aliphatic heterocycles. The number of hydrogen-bond donors (Lipinski definition) is 1. The monoisotopic (exact) mass is 518 g/mol. The average Bonchev–Trinajstić information content (AvgIpc) is 3.07. The van der Waals surface area contributed by atoms with Gasteiger partial charge in [-0.05, 0) is 72.3 Å². The molecule has 0 radical (unpaired) electrons. The van der Waals surface area contributed by atoms with Gasteiger partial charge in [0.05, 0.1) is 22.1 Å². The van der Waals surface area contributed by atoms with Crippen LogP contribution in [0.2, 0.25) is 0 Å². The Kier molecular flexibility index (Phi) is 6.86. The molecule has 0 saturated heterocycles. The predicted octanol–water partition coefficient (Wildman–Crippen LogP) is 3.47. The van der Waals surface area contributed by atoms with E-state index in [1.165, 1.54) is 5.57 Å². The first kappa shape index (κ1) is 23.5. The molecule has 0 saturated carbocycles. The molecule has 1 amide bonds. The maximum Gasteiger partial charge on any atom is 0.249 e. The van der Waals surface area contributed by atoms with Crippen LogP contribution in [0.25, 0.3) is 16.5 Å². The van der Waals surface area contributed by atoms with E-state index in [-0.39, 0.29) is 23.8 Å². The number of benzene rings is 1. The Morgan fingerprint density at radius 3 is 2.69 bits per heavy atom. The van der Waals surface area contributed by atoms with Gasteiger partial charge in [0.2, 0.25) is 11.8 Å². The van der Waals surface area contributed by atoms with Crippen LogP contribution in [0.3, 0.4) is 0 Å². The number of hydrogen-bond acceptors (Lipinski definition) is 5. The van der Waals surface area contributed by atoms with Gasteiger partial charge in [-0.1, -0.05) is 18.2 Å². The Morgan fingerprint density at radius 1 is 1.31 bits per heavy atom. The molecular formula is C24H31BrN4O2S. The molecule has 3 atom stereocenters. The Balaban J connectivity index is 1.85. The smallest absolute Gasteiger partial charge is 0.249 e. The number of amides is 1. The first-order chi connectivity index (χ1) is 15.3. The van der Waals surface area contributed by atoms with Gasteiger partial charge in [0.15, 0.2) is 0 Å². The van der Waals surface area contributed by atoms with Crippen molar-refractivity contribution in [2.24, 2.45) is 11.7 Å². The van der Waals surface area contributed by atoms with Crippen LogP contribution < -0.4 is 5.73 Å². The summed E-state index contributed by atoms with van der Waals surface area (Å²) in [4.78, 5) is 30.5. The van der Waals surface area contributed by atoms with Crippen molar-refractivity contribution in [1.29, 1.82) is 0 Å². The summed E-state index contributed by atoms with van der Waals surface area (Å²) < 4.78 is 2.54. The van der Waals surface area contributed by atoms with Crippen molar-refractivity contribution in [2.45, 2.75) is 32.4 Å². The molecule has 2 aromatic rings. The Hall–Kier alpha value is -1.61. The summed E-state index contributed by atoms with van der Waals surface area (Å²) in [5.74, 6) is 0.500. The number of carbonyl (C=O) groups excluding carboxylic acids is 2. The lowest BCUT2D eigenvalue weighted by Gasteiger charge is -2.40. The van der Waals surface area contributed by atoms with Crippen molar-refractivity contribution in [3.63, 3.8) is 0 Å². The molecule has 0 bridgehead atoms. The third kappa shape index (κ3) is 3.75. The maximum atomic E-state index is 13.2. The second-order valence-electron chi connectivity index (χ2n) is 8.60. The van der Waals surface area contributed by atoms with Gasteiger partial charge in [0.1, 0.15) is 0 Å². The summed E-state index contributed by atoms with van der Waals surface area (Å²) in [6.07, 6.45) is 4.92. The van der Waals surface area contributed by atoms with Crippen LogP contribution in [-0.4, -0.2) is 77.0 Å². The lowest BCUT2D eigenvalue weighted by Crippen LogP contribution is -2.47. The fourth-order valence-electron chi connectivity index (χ4n) is 5.15. The molecule has 4 rings (SSSR count). The van der Waals surface area contributed by atoms with E-state index < -0.39 is 6.04 Å². The second kappa shape index (κ2) is 9.33. The number of likely N-dealkylation sites (N-methyl/N-ethyl adjacent to an activating group) is 1. The predicted molar refractivity (Wildman–Crippen MR) is 136 cm³/mol. The fraction of sp³-hybridized carbons (Fsp3) is 0.500. The van der Waals surface area contributed by atoms with Gasteiger partial charge < -0.3 is 10.6 Å². The van der Waals surface area contributed by atoms with E-state index in [2.05, 4.69) is 40.0 Å². The van der Waals surface area contributed by atoms with Crippen LogP contribution in [0.5, 0.6) is 0 Å². The summed E-state index contributed by atoms with van der Waals surface area (Å²) in [6.45, 7) is 6.18. The highest BCUT2D eigenvalue weighted by Crippen LogP contribution is 2.45. The first-order valence-electron chi connectivity index (χ1n) is 11.2. The molecule has 0 fully saturated rings. The summed E-state index contributed by atoms with van der Waals surface area (Å²) in [5.41, 5.74) is 10.5. The van der Waals surface area contributed by atoms with E-state index in [4.69, 9.17) is 5.73 Å². The maximum absolute atomic E-state index is 13.2. The highest BCUT2D eigenvalue weighted by molar-refractivity contribution is 9.10. The van der Waals surface area contributed by atoms with Crippen molar-refractivity contribution < 1.29 is 9.59 Å². The summed E-state index contributed by atoms with van der Waals surface area (Å²) in [7, 11) is 2.09. The average molecular weight is 520 g/mol. The van der Waals surface area contributed by atoms with Gasteiger partial charge in [-0.2, -0.15) is 11.8 Å². The molecule has 32 heavy (non-hydrogen) atoms. The molecule has 0 unspecified atom stereocenters. The molecule has 6 nitrogen and oxygen atoms in total. The van der Waals surface area contributed by atoms with Crippen molar-refractivity contribution in [1.82, 2.24) is 14.4 Å². The zero-order chi connectivity index (χ0) is 23.2. The van der Waals surface area contributed by atoms with Crippen LogP contribution >= 0.6 is 27.7 Å². The summed E-state index contributed by atoms with van der Waals surface area (Å²) >= 11 is 5.30. The first-order valence-corrected chi connectivity index (χ1v) is 13.3. The van der Waals surface area contributed by atoms with Crippen LogP contribution in [0.1, 0.15) is 29.8 Å². The number of aromatic nitrogens is 1. The number of thioether (sulfide) groups is 1. The number of nitrogens with two attached hydrogens (primary N) is 1. The molecule has 8 heteroatoms. The number of nitrogens with zero attached hydrogens (tertiary/aromatic N) is 3. The van der Waals surface area contributed by atoms with E-state index in [1.54, 1.807) is 16.3 Å².